The molecule has 0 saturated heterocycles. The van der Waals surface area contributed by atoms with Crippen LogP contribution >= 0.6 is 0 Å². The molecule has 0 aliphatic rings. The van der Waals surface area contributed by atoms with Crippen LogP contribution in [0.25, 0.3) is 0 Å². The Labute approximate surface area is 87.7 Å². The summed E-state index contributed by atoms with van der Waals surface area (Å²) in [7, 11) is -4.67. The van der Waals surface area contributed by atoms with E-state index in [4.69, 9.17) is 17.5 Å². The third kappa shape index (κ3) is 95.2. The van der Waals surface area contributed by atoms with E-state index in [1.807, 2.05) is 0 Å². The van der Waals surface area contributed by atoms with E-state index in [9.17, 15) is 0 Å². The first-order valence-corrected chi connectivity index (χ1v) is 2.10. The van der Waals surface area contributed by atoms with E-state index in [1.165, 1.54) is 0 Å². The Morgan fingerprint density at radius 2 is 1.29 bits per heavy atom. The normalized spacial score (nSPS) is 8.29. The summed E-state index contributed by atoms with van der Waals surface area (Å²) in [5.41, 5.74) is 0. The van der Waals surface area contributed by atoms with Gasteiger partial charge in [0.2, 0.25) is 0 Å². The molecule has 3 radical (unpaired) electrons. The zero-order chi connectivity index (χ0) is 4.50. The van der Waals surface area contributed by atoms with Gasteiger partial charge in [-0.1, -0.05) is 0 Å². The molecule has 0 fully saturated rings. The Morgan fingerprint density at radius 1 is 1.29 bits per heavy atom. The van der Waals surface area contributed by atoms with E-state index in [0.717, 1.165) is 0 Å². The maximum Gasteiger partial charge on any atom is 1.00 e. The summed E-state index contributed by atoms with van der Waals surface area (Å²) >= 11 is 0. The second-order valence-electron chi connectivity index (χ2n) is 0.448. The quantitative estimate of drug-likeness (QED) is 0.272. The average Bonchev–Trinajstić information content (AvgIpc) is 0.722. The van der Waals surface area contributed by atoms with Crippen LogP contribution in [-0.2, 0) is 10.4 Å². The molecule has 0 atom stereocenters. The first kappa shape index (κ1) is 15.8. The molecule has 0 bridgehead atoms. The molecule has 0 aromatic heterocycles. The van der Waals surface area contributed by atoms with Crippen molar-refractivity contribution in [3.05, 3.63) is 0 Å². The second-order valence-corrected chi connectivity index (χ2v) is 1.34. The summed E-state index contributed by atoms with van der Waals surface area (Å²) in [5, 5.41) is 0. The summed E-state index contributed by atoms with van der Waals surface area (Å²) in [6, 6.07) is 0. The second kappa shape index (κ2) is 5.70. The summed E-state index contributed by atoms with van der Waals surface area (Å²) in [6.07, 6.45) is 0. The van der Waals surface area contributed by atoms with Crippen LogP contribution in [-0.4, -0.2) is 25.9 Å². The standard InChI is InChI=1S/B.K.H2O4S.H/c;;1-5(2,3)4;/h;;(H2,1,2,3,4);/q;+1;;-1. The monoisotopic (exact) mass is 149 g/mol. The van der Waals surface area contributed by atoms with Gasteiger partial charge in [-0.05, 0) is 0 Å². The van der Waals surface area contributed by atoms with Gasteiger partial charge in [-0.25, -0.2) is 0 Å². The van der Waals surface area contributed by atoms with Crippen molar-refractivity contribution in [3.63, 3.8) is 0 Å². The zero-order valence-electron chi connectivity index (χ0n) is 4.70. The van der Waals surface area contributed by atoms with Crippen LogP contribution in [0, 0.1) is 0 Å². The molecule has 0 aliphatic heterocycles. The molecule has 0 amide bonds. The third-order valence-corrected chi connectivity index (χ3v) is 0. The molecular formula is H3BKO4S. The summed E-state index contributed by atoms with van der Waals surface area (Å²) < 4.78 is 31.6. The fourth-order valence-corrected chi connectivity index (χ4v) is 0. The Morgan fingerprint density at radius 3 is 1.29 bits per heavy atom. The van der Waals surface area contributed by atoms with Crippen LogP contribution in [0.5, 0.6) is 0 Å². The van der Waals surface area contributed by atoms with Crippen molar-refractivity contribution in [3.8, 4) is 0 Å². The van der Waals surface area contributed by atoms with Crippen molar-refractivity contribution in [1.82, 2.24) is 0 Å². The Bertz CT molecular complexity index is 99.2. The zero-order valence-corrected chi connectivity index (χ0v) is 7.64. The van der Waals surface area contributed by atoms with E-state index < -0.39 is 10.4 Å². The molecule has 37 valence electrons. The summed E-state index contributed by atoms with van der Waals surface area (Å²) in [5.74, 6) is 0. The van der Waals surface area contributed by atoms with E-state index in [1.54, 1.807) is 0 Å². The number of hydrogen-bond donors (Lipinski definition) is 2. The van der Waals surface area contributed by atoms with E-state index >= 15 is 0 Å². The van der Waals surface area contributed by atoms with E-state index in [0.29, 0.717) is 0 Å². The predicted molar refractivity (Wildman–Crippen MR) is 21.0 cm³/mol. The van der Waals surface area contributed by atoms with E-state index in [2.05, 4.69) is 0 Å². The maximum atomic E-state index is 8.74. The minimum atomic E-state index is -4.67. The number of rotatable bonds is 0. The minimum Gasteiger partial charge on any atom is -1.00 e. The first-order valence-electron chi connectivity index (χ1n) is 0.698. The summed E-state index contributed by atoms with van der Waals surface area (Å²) in [4.78, 5) is 0. The Kier molecular flexibility index (Phi) is 12.9. The van der Waals surface area contributed by atoms with Crippen molar-refractivity contribution >= 4 is 18.8 Å². The van der Waals surface area contributed by atoms with Gasteiger partial charge in [-0.3, -0.25) is 9.11 Å². The molecule has 0 rings (SSSR count). The van der Waals surface area contributed by atoms with Gasteiger partial charge in [0.25, 0.3) is 0 Å². The third-order valence-electron chi connectivity index (χ3n) is 0. The summed E-state index contributed by atoms with van der Waals surface area (Å²) in [6.45, 7) is 0. The molecule has 2 N–H and O–H groups in total. The molecule has 7 heteroatoms. The van der Waals surface area contributed by atoms with Crippen LogP contribution < -0.4 is 51.4 Å². The molecule has 0 aliphatic carbocycles. The van der Waals surface area contributed by atoms with Crippen LogP contribution in [0.3, 0.4) is 0 Å². The fourth-order valence-electron chi connectivity index (χ4n) is 0. The van der Waals surface area contributed by atoms with Gasteiger partial charge < -0.3 is 1.43 Å². The van der Waals surface area contributed by atoms with Crippen LogP contribution in [0.4, 0.5) is 0 Å². The number of hydrogen-bond acceptors (Lipinski definition) is 2. The molecule has 4 nitrogen and oxygen atoms in total. The Hall–Kier alpha value is 1.57. The largest absolute Gasteiger partial charge is 1.00 e. The predicted octanol–water partition coefficient (Wildman–Crippen LogP) is -3.92. The van der Waals surface area contributed by atoms with Crippen LogP contribution in [0.1, 0.15) is 1.43 Å². The Balaban J connectivity index is -0.0000000267. The van der Waals surface area contributed by atoms with Crippen LogP contribution in [0.2, 0.25) is 0 Å². The topological polar surface area (TPSA) is 74.6 Å². The molecule has 0 spiro atoms. The molecule has 0 aromatic carbocycles. The first-order chi connectivity index (χ1) is 2.00. The molecular weight excluding hydrogens is 146 g/mol. The van der Waals surface area contributed by atoms with Gasteiger partial charge in [0.15, 0.2) is 0 Å². The molecule has 7 heavy (non-hydrogen) atoms. The maximum absolute atomic E-state index is 8.74. The van der Waals surface area contributed by atoms with Crippen LogP contribution in [0.15, 0.2) is 0 Å². The molecule has 0 heterocycles. The SMILES string of the molecule is O=S(=O)(O)O.[B].[H-].[K+]. The molecule has 0 unspecified atom stereocenters. The van der Waals surface area contributed by atoms with Gasteiger partial charge in [0.05, 0.1) is 0 Å². The fraction of sp³-hybridized carbons (Fsp3) is 0. The van der Waals surface area contributed by atoms with E-state index in [-0.39, 0.29) is 61.2 Å². The molecule has 0 aromatic rings. The van der Waals surface area contributed by atoms with Crippen molar-refractivity contribution in [2.24, 2.45) is 0 Å². The van der Waals surface area contributed by atoms with Gasteiger partial charge in [0.1, 0.15) is 0 Å². The van der Waals surface area contributed by atoms with Crippen molar-refractivity contribution < 1.29 is 70.3 Å². The van der Waals surface area contributed by atoms with Crippen molar-refractivity contribution in [1.29, 1.82) is 0 Å². The van der Waals surface area contributed by atoms with Crippen molar-refractivity contribution in [2.45, 2.75) is 0 Å². The average molecular weight is 149 g/mol. The smallest absolute Gasteiger partial charge is 1.00 e. The van der Waals surface area contributed by atoms with Gasteiger partial charge in [0, 0.05) is 8.41 Å². The minimum absolute atomic E-state index is 0. The van der Waals surface area contributed by atoms with Crippen molar-refractivity contribution in [2.75, 3.05) is 0 Å². The van der Waals surface area contributed by atoms with Gasteiger partial charge >= 0.3 is 61.8 Å². The molecule has 0 saturated carbocycles. The van der Waals surface area contributed by atoms with Gasteiger partial charge in [-0.2, -0.15) is 8.42 Å². The van der Waals surface area contributed by atoms with Gasteiger partial charge in [-0.15, -0.1) is 0 Å².